The number of hydrogen-bond acceptors (Lipinski definition) is 4. The number of halogens is 1. The fourth-order valence-corrected chi connectivity index (χ4v) is 1.35. The Labute approximate surface area is 106 Å². The molecule has 0 saturated heterocycles. The Morgan fingerprint density at radius 3 is 2.72 bits per heavy atom. The van der Waals surface area contributed by atoms with Crippen molar-refractivity contribution in [3.8, 4) is 5.75 Å². The molecule has 1 unspecified atom stereocenters. The molecule has 0 fully saturated rings. The van der Waals surface area contributed by atoms with Crippen LogP contribution >= 0.6 is 0 Å². The number of methoxy groups -OCH3 is 1. The van der Waals surface area contributed by atoms with Gasteiger partial charge in [0.2, 0.25) is 0 Å². The van der Waals surface area contributed by atoms with Gasteiger partial charge < -0.3 is 14.2 Å². The van der Waals surface area contributed by atoms with E-state index in [0.717, 1.165) is 6.07 Å². The number of rotatable bonds is 6. The maximum absolute atomic E-state index is 13.6. The summed E-state index contributed by atoms with van der Waals surface area (Å²) in [6.07, 6.45) is -0.418. The molecule has 100 valence electrons. The Bertz CT molecular complexity index is 406. The molecule has 0 radical (unpaired) electrons. The van der Waals surface area contributed by atoms with E-state index < -0.39 is 17.9 Å². The molecule has 0 heterocycles. The normalized spacial score (nSPS) is 12.0. The number of esters is 1. The van der Waals surface area contributed by atoms with E-state index in [0.29, 0.717) is 19.0 Å². The van der Waals surface area contributed by atoms with Crippen LogP contribution in [0.4, 0.5) is 4.39 Å². The first-order chi connectivity index (χ1) is 8.58. The summed E-state index contributed by atoms with van der Waals surface area (Å²) in [7, 11) is 1.43. The second-order valence-electron chi connectivity index (χ2n) is 3.72. The first-order valence-corrected chi connectivity index (χ1v) is 5.70. The van der Waals surface area contributed by atoms with Crippen LogP contribution in [0.2, 0.25) is 0 Å². The zero-order valence-corrected chi connectivity index (χ0v) is 10.7. The van der Waals surface area contributed by atoms with Crippen molar-refractivity contribution >= 4 is 5.97 Å². The van der Waals surface area contributed by atoms with Gasteiger partial charge in [0.15, 0.2) is 0 Å². The maximum atomic E-state index is 13.6. The highest BCUT2D eigenvalue weighted by Gasteiger charge is 2.16. The Balaban J connectivity index is 2.66. The van der Waals surface area contributed by atoms with Gasteiger partial charge in [0, 0.05) is 12.7 Å². The minimum Gasteiger partial charge on any atom is -0.497 e. The van der Waals surface area contributed by atoms with Crippen molar-refractivity contribution in [3.05, 3.63) is 29.6 Å². The largest absolute Gasteiger partial charge is 0.497 e. The molecule has 0 aromatic heterocycles. The summed E-state index contributed by atoms with van der Waals surface area (Å²) in [6, 6.07) is 3.99. The van der Waals surface area contributed by atoms with Gasteiger partial charge in [-0.25, -0.2) is 9.18 Å². The standard InChI is InChI=1S/C13H17FO4/c1-4-17-8-9(2)18-13(15)11-6-5-10(16-3)7-12(11)14/h5-7,9H,4,8H2,1-3H3. The minimum atomic E-state index is -0.706. The van der Waals surface area contributed by atoms with Crippen LogP contribution in [0.5, 0.6) is 5.75 Å². The monoisotopic (exact) mass is 256 g/mol. The molecule has 1 atom stereocenters. The summed E-state index contributed by atoms with van der Waals surface area (Å²) in [5.41, 5.74) is -0.112. The van der Waals surface area contributed by atoms with Gasteiger partial charge in [0.25, 0.3) is 0 Å². The predicted octanol–water partition coefficient (Wildman–Crippen LogP) is 2.42. The lowest BCUT2D eigenvalue weighted by Gasteiger charge is -2.13. The van der Waals surface area contributed by atoms with Gasteiger partial charge in [-0.3, -0.25) is 0 Å². The maximum Gasteiger partial charge on any atom is 0.341 e. The molecule has 5 heteroatoms. The van der Waals surface area contributed by atoms with Gasteiger partial charge >= 0.3 is 5.97 Å². The lowest BCUT2D eigenvalue weighted by Crippen LogP contribution is -2.21. The summed E-state index contributed by atoms with van der Waals surface area (Å²) in [5, 5.41) is 0. The van der Waals surface area contributed by atoms with E-state index in [4.69, 9.17) is 14.2 Å². The summed E-state index contributed by atoms with van der Waals surface area (Å²) in [4.78, 5) is 11.7. The average Bonchev–Trinajstić information content (AvgIpc) is 2.35. The Hall–Kier alpha value is -1.62. The van der Waals surface area contributed by atoms with E-state index in [9.17, 15) is 9.18 Å². The zero-order valence-electron chi connectivity index (χ0n) is 10.7. The molecular weight excluding hydrogens is 239 g/mol. The fourth-order valence-electron chi connectivity index (χ4n) is 1.35. The third-order valence-corrected chi connectivity index (χ3v) is 2.26. The van der Waals surface area contributed by atoms with Crippen LogP contribution in [0.25, 0.3) is 0 Å². The van der Waals surface area contributed by atoms with Gasteiger partial charge in [-0.1, -0.05) is 0 Å². The molecule has 0 aliphatic carbocycles. The first kappa shape index (κ1) is 14.4. The van der Waals surface area contributed by atoms with E-state index in [1.54, 1.807) is 6.92 Å². The topological polar surface area (TPSA) is 44.8 Å². The van der Waals surface area contributed by atoms with Gasteiger partial charge in [-0.2, -0.15) is 0 Å². The second-order valence-corrected chi connectivity index (χ2v) is 3.72. The van der Waals surface area contributed by atoms with Crippen molar-refractivity contribution in [2.75, 3.05) is 20.3 Å². The van der Waals surface area contributed by atoms with Crippen LogP contribution in [0.15, 0.2) is 18.2 Å². The second kappa shape index (κ2) is 6.96. The molecule has 1 rings (SSSR count). The summed E-state index contributed by atoms with van der Waals surface area (Å²) >= 11 is 0. The van der Waals surface area contributed by atoms with E-state index in [1.165, 1.54) is 19.2 Å². The third kappa shape index (κ3) is 4.00. The summed E-state index contributed by atoms with van der Waals surface area (Å²) in [5.74, 6) is -1.02. The summed E-state index contributed by atoms with van der Waals surface area (Å²) in [6.45, 7) is 4.37. The van der Waals surface area contributed by atoms with Crippen molar-refractivity contribution in [1.29, 1.82) is 0 Å². The van der Waals surface area contributed by atoms with Gasteiger partial charge in [0.1, 0.15) is 17.7 Å². The Morgan fingerprint density at radius 1 is 1.44 bits per heavy atom. The molecular formula is C13H17FO4. The molecule has 1 aromatic rings. The van der Waals surface area contributed by atoms with Crippen molar-refractivity contribution in [2.45, 2.75) is 20.0 Å². The van der Waals surface area contributed by atoms with Gasteiger partial charge in [-0.15, -0.1) is 0 Å². The Kier molecular flexibility index (Phi) is 5.58. The molecule has 0 bridgehead atoms. The molecule has 18 heavy (non-hydrogen) atoms. The molecule has 1 aromatic carbocycles. The molecule has 0 aliphatic rings. The number of hydrogen-bond donors (Lipinski definition) is 0. The van der Waals surface area contributed by atoms with Crippen LogP contribution in [-0.2, 0) is 9.47 Å². The van der Waals surface area contributed by atoms with Crippen LogP contribution in [-0.4, -0.2) is 32.4 Å². The van der Waals surface area contributed by atoms with Crippen molar-refractivity contribution in [1.82, 2.24) is 0 Å². The fraction of sp³-hybridized carbons (Fsp3) is 0.462. The molecule has 0 aliphatic heterocycles. The lowest BCUT2D eigenvalue weighted by molar-refractivity contribution is 0.00401. The van der Waals surface area contributed by atoms with Crippen LogP contribution < -0.4 is 4.74 Å². The molecule has 0 amide bonds. The number of benzene rings is 1. The lowest BCUT2D eigenvalue weighted by atomic mass is 10.2. The summed E-state index contributed by atoms with van der Waals surface area (Å²) < 4.78 is 28.6. The highest BCUT2D eigenvalue weighted by Crippen LogP contribution is 2.17. The van der Waals surface area contributed by atoms with E-state index in [-0.39, 0.29) is 5.56 Å². The van der Waals surface area contributed by atoms with Crippen LogP contribution in [0.3, 0.4) is 0 Å². The van der Waals surface area contributed by atoms with Crippen molar-refractivity contribution in [3.63, 3.8) is 0 Å². The number of carbonyl (C=O) groups excluding carboxylic acids is 1. The SMILES string of the molecule is CCOCC(C)OC(=O)c1ccc(OC)cc1F. The molecule has 4 nitrogen and oxygen atoms in total. The third-order valence-electron chi connectivity index (χ3n) is 2.26. The highest BCUT2D eigenvalue weighted by atomic mass is 19.1. The first-order valence-electron chi connectivity index (χ1n) is 5.70. The highest BCUT2D eigenvalue weighted by molar-refractivity contribution is 5.90. The molecule has 0 saturated carbocycles. The van der Waals surface area contributed by atoms with E-state index in [2.05, 4.69) is 0 Å². The Morgan fingerprint density at radius 2 is 2.17 bits per heavy atom. The predicted molar refractivity (Wildman–Crippen MR) is 64.3 cm³/mol. The number of carbonyl (C=O) groups is 1. The van der Waals surface area contributed by atoms with E-state index in [1.807, 2.05) is 6.92 Å². The van der Waals surface area contributed by atoms with Crippen molar-refractivity contribution < 1.29 is 23.4 Å². The van der Waals surface area contributed by atoms with Crippen molar-refractivity contribution in [2.24, 2.45) is 0 Å². The molecule has 0 N–H and O–H groups in total. The van der Waals surface area contributed by atoms with Gasteiger partial charge in [-0.05, 0) is 26.0 Å². The minimum absolute atomic E-state index is 0.112. The number of ether oxygens (including phenoxy) is 3. The zero-order chi connectivity index (χ0) is 13.5. The quantitative estimate of drug-likeness (QED) is 0.733. The van der Waals surface area contributed by atoms with Crippen LogP contribution in [0.1, 0.15) is 24.2 Å². The molecule has 0 spiro atoms. The van der Waals surface area contributed by atoms with Crippen LogP contribution in [0, 0.1) is 5.82 Å². The van der Waals surface area contributed by atoms with Gasteiger partial charge in [0.05, 0.1) is 19.3 Å². The van der Waals surface area contributed by atoms with E-state index >= 15 is 0 Å². The average molecular weight is 256 g/mol. The smallest absolute Gasteiger partial charge is 0.341 e.